The standard InChI is InChI=1S/C12H21N3/c1-8-4-5-11(9(2)6-8)15-12-13-7-10(3)14-12/h7-9,11H,4-6H2,1-3H3,(H2,13,14,15). The van der Waals surface area contributed by atoms with E-state index in [2.05, 4.69) is 29.1 Å². The summed E-state index contributed by atoms with van der Waals surface area (Å²) in [5.74, 6) is 2.56. The first-order valence-corrected chi connectivity index (χ1v) is 5.93. The highest BCUT2D eigenvalue weighted by atomic mass is 15.1. The summed E-state index contributed by atoms with van der Waals surface area (Å²) in [7, 11) is 0. The lowest BCUT2D eigenvalue weighted by atomic mass is 9.80. The van der Waals surface area contributed by atoms with Crippen molar-refractivity contribution in [3.05, 3.63) is 11.9 Å². The number of anilines is 1. The van der Waals surface area contributed by atoms with Crippen molar-refractivity contribution in [3.63, 3.8) is 0 Å². The van der Waals surface area contributed by atoms with Crippen LogP contribution >= 0.6 is 0 Å². The fraction of sp³-hybridized carbons (Fsp3) is 0.750. The smallest absolute Gasteiger partial charge is 0.200 e. The number of aryl methyl sites for hydroxylation is 1. The van der Waals surface area contributed by atoms with Crippen molar-refractivity contribution in [1.82, 2.24) is 9.97 Å². The van der Waals surface area contributed by atoms with Gasteiger partial charge in [0, 0.05) is 17.9 Å². The van der Waals surface area contributed by atoms with Crippen molar-refractivity contribution in [2.45, 2.75) is 46.1 Å². The molecule has 84 valence electrons. The van der Waals surface area contributed by atoms with Crippen LogP contribution in [-0.2, 0) is 0 Å². The maximum absolute atomic E-state index is 4.30. The van der Waals surface area contributed by atoms with Crippen LogP contribution in [-0.4, -0.2) is 16.0 Å². The van der Waals surface area contributed by atoms with Gasteiger partial charge in [-0.05, 0) is 38.0 Å². The Morgan fingerprint density at radius 3 is 2.80 bits per heavy atom. The van der Waals surface area contributed by atoms with Crippen LogP contribution in [0.4, 0.5) is 5.95 Å². The maximum Gasteiger partial charge on any atom is 0.200 e. The molecule has 1 aromatic heterocycles. The number of rotatable bonds is 2. The summed E-state index contributed by atoms with van der Waals surface area (Å²) in [5, 5.41) is 3.51. The third kappa shape index (κ3) is 2.52. The second-order valence-corrected chi connectivity index (χ2v) is 5.06. The minimum atomic E-state index is 0.590. The van der Waals surface area contributed by atoms with Crippen molar-refractivity contribution in [2.75, 3.05) is 5.32 Å². The monoisotopic (exact) mass is 207 g/mol. The Kier molecular flexibility index (Phi) is 2.98. The molecule has 1 fully saturated rings. The lowest BCUT2D eigenvalue weighted by Gasteiger charge is -2.33. The average Bonchev–Trinajstić information content (AvgIpc) is 2.56. The van der Waals surface area contributed by atoms with Crippen LogP contribution < -0.4 is 5.32 Å². The Hall–Kier alpha value is -0.990. The van der Waals surface area contributed by atoms with Crippen molar-refractivity contribution >= 4 is 5.95 Å². The van der Waals surface area contributed by atoms with Gasteiger partial charge >= 0.3 is 0 Å². The minimum Gasteiger partial charge on any atom is -0.353 e. The molecule has 0 aliphatic heterocycles. The molecular weight excluding hydrogens is 186 g/mol. The summed E-state index contributed by atoms with van der Waals surface area (Å²) in [6.07, 6.45) is 5.81. The molecule has 0 spiro atoms. The largest absolute Gasteiger partial charge is 0.353 e. The quantitative estimate of drug-likeness (QED) is 0.782. The predicted octanol–water partition coefficient (Wildman–Crippen LogP) is 2.95. The summed E-state index contributed by atoms with van der Waals surface area (Å²) >= 11 is 0. The van der Waals surface area contributed by atoms with Gasteiger partial charge < -0.3 is 10.3 Å². The van der Waals surface area contributed by atoms with Gasteiger partial charge in [0.05, 0.1) is 0 Å². The number of aromatic nitrogens is 2. The van der Waals surface area contributed by atoms with Crippen LogP contribution in [0.25, 0.3) is 0 Å². The number of hydrogen-bond acceptors (Lipinski definition) is 2. The van der Waals surface area contributed by atoms with Crippen LogP contribution in [0, 0.1) is 18.8 Å². The number of aromatic amines is 1. The summed E-state index contributed by atoms with van der Waals surface area (Å²) in [6, 6.07) is 0.590. The lowest BCUT2D eigenvalue weighted by molar-refractivity contribution is 0.276. The first kappa shape index (κ1) is 10.5. The van der Waals surface area contributed by atoms with Crippen LogP contribution in [0.15, 0.2) is 6.20 Å². The first-order chi connectivity index (χ1) is 7.15. The number of nitrogens with zero attached hydrogens (tertiary/aromatic N) is 1. The molecule has 3 heteroatoms. The maximum atomic E-state index is 4.30. The molecule has 15 heavy (non-hydrogen) atoms. The summed E-state index contributed by atoms with van der Waals surface area (Å²) in [5.41, 5.74) is 1.12. The van der Waals surface area contributed by atoms with E-state index in [0.29, 0.717) is 6.04 Å². The normalized spacial score (nSPS) is 31.5. The highest BCUT2D eigenvalue weighted by Crippen LogP contribution is 2.30. The molecule has 3 nitrogen and oxygen atoms in total. The molecule has 0 aromatic carbocycles. The summed E-state index contributed by atoms with van der Waals surface area (Å²) < 4.78 is 0. The fourth-order valence-electron chi connectivity index (χ4n) is 2.54. The number of H-pyrrole nitrogens is 1. The Morgan fingerprint density at radius 2 is 2.20 bits per heavy atom. The number of imidazole rings is 1. The summed E-state index contributed by atoms with van der Waals surface area (Å²) in [6.45, 7) is 6.72. The Morgan fingerprint density at radius 1 is 1.40 bits per heavy atom. The molecule has 1 aliphatic carbocycles. The third-order valence-corrected chi connectivity index (χ3v) is 3.46. The van der Waals surface area contributed by atoms with Crippen LogP contribution in [0.3, 0.4) is 0 Å². The number of nitrogens with one attached hydrogen (secondary N) is 2. The van der Waals surface area contributed by atoms with Gasteiger partial charge in [0.1, 0.15) is 0 Å². The first-order valence-electron chi connectivity index (χ1n) is 5.93. The van der Waals surface area contributed by atoms with Crippen molar-refractivity contribution in [1.29, 1.82) is 0 Å². The Balaban J connectivity index is 1.94. The average molecular weight is 207 g/mol. The van der Waals surface area contributed by atoms with E-state index in [0.717, 1.165) is 23.5 Å². The molecule has 0 amide bonds. The van der Waals surface area contributed by atoms with Crippen LogP contribution in [0.2, 0.25) is 0 Å². The van der Waals surface area contributed by atoms with E-state index in [1.807, 2.05) is 13.1 Å². The molecule has 1 saturated carbocycles. The van der Waals surface area contributed by atoms with Gasteiger partial charge in [-0.3, -0.25) is 0 Å². The highest BCUT2D eigenvalue weighted by molar-refractivity contribution is 5.28. The predicted molar refractivity (Wildman–Crippen MR) is 62.9 cm³/mol. The molecule has 2 N–H and O–H groups in total. The SMILES string of the molecule is Cc1cnc(NC2CCC(C)CC2C)[nH]1. The molecule has 1 aromatic rings. The van der Waals surface area contributed by atoms with E-state index in [4.69, 9.17) is 0 Å². The van der Waals surface area contributed by atoms with E-state index in [1.165, 1.54) is 19.3 Å². The summed E-state index contributed by atoms with van der Waals surface area (Å²) in [4.78, 5) is 7.53. The topological polar surface area (TPSA) is 40.7 Å². The third-order valence-electron chi connectivity index (χ3n) is 3.46. The molecule has 1 aliphatic rings. The van der Waals surface area contributed by atoms with Crippen molar-refractivity contribution in [2.24, 2.45) is 11.8 Å². The molecule has 3 atom stereocenters. The van der Waals surface area contributed by atoms with E-state index >= 15 is 0 Å². The Labute approximate surface area is 91.7 Å². The highest BCUT2D eigenvalue weighted by Gasteiger charge is 2.25. The Bertz CT molecular complexity index is 318. The van der Waals surface area contributed by atoms with Gasteiger partial charge in [0.2, 0.25) is 5.95 Å². The molecule has 0 radical (unpaired) electrons. The van der Waals surface area contributed by atoms with Crippen molar-refractivity contribution < 1.29 is 0 Å². The van der Waals surface area contributed by atoms with Gasteiger partial charge in [-0.2, -0.15) is 0 Å². The minimum absolute atomic E-state index is 0.590. The van der Waals surface area contributed by atoms with Gasteiger partial charge in [-0.1, -0.05) is 13.8 Å². The van der Waals surface area contributed by atoms with Gasteiger partial charge in [-0.25, -0.2) is 4.98 Å². The second kappa shape index (κ2) is 4.25. The van der Waals surface area contributed by atoms with E-state index < -0.39 is 0 Å². The van der Waals surface area contributed by atoms with Gasteiger partial charge in [0.25, 0.3) is 0 Å². The zero-order valence-electron chi connectivity index (χ0n) is 9.88. The van der Waals surface area contributed by atoms with E-state index in [-0.39, 0.29) is 0 Å². The second-order valence-electron chi connectivity index (χ2n) is 5.06. The van der Waals surface area contributed by atoms with Gasteiger partial charge in [0.15, 0.2) is 0 Å². The van der Waals surface area contributed by atoms with Crippen LogP contribution in [0.5, 0.6) is 0 Å². The van der Waals surface area contributed by atoms with E-state index in [9.17, 15) is 0 Å². The molecule has 0 bridgehead atoms. The fourth-order valence-corrected chi connectivity index (χ4v) is 2.54. The molecular formula is C12H21N3. The molecule has 3 unspecified atom stereocenters. The molecule has 2 rings (SSSR count). The van der Waals surface area contributed by atoms with E-state index in [1.54, 1.807) is 0 Å². The van der Waals surface area contributed by atoms with Crippen LogP contribution in [0.1, 0.15) is 38.8 Å². The lowest BCUT2D eigenvalue weighted by Crippen LogP contribution is -2.33. The van der Waals surface area contributed by atoms with Crippen molar-refractivity contribution in [3.8, 4) is 0 Å². The zero-order chi connectivity index (χ0) is 10.8. The zero-order valence-corrected chi connectivity index (χ0v) is 9.88. The molecule has 1 heterocycles. The van der Waals surface area contributed by atoms with Gasteiger partial charge in [-0.15, -0.1) is 0 Å². The molecule has 0 saturated heterocycles. The number of hydrogen-bond donors (Lipinski definition) is 2.